The first-order valence-electron chi connectivity index (χ1n) is 12.8. The third-order valence-corrected chi connectivity index (χ3v) is 5.57. The summed E-state index contributed by atoms with van der Waals surface area (Å²) < 4.78 is 0. The van der Waals surface area contributed by atoms with Crippen LogP contribution in [0.15, 0.2) is 0 Å². The predicted molar refractivity (Wildman–Crippen MR) is 124 cm³/mol. The molecule has 3 nitrogen and oxygen atoms in total. The maximum absolute atomic E-state index is 11.7. The molecule has 1 radical (unpaired) electrons. The van der Waals surface area contributed by atoms with Crippen molar-refractivity contribution in [1.82, 2.24) is 10.6 Å². The molecule has 0 aliphatic carbocycles. The van der Waals surface area contributed by atoms with E-state index in [4.69, 9.17) is 0 Å². The van der Waals surface area contributed by atoms with Crippen LogP contribution in [0.1, 0.15) is 142 Å². The number of hydrogen-bond acceptors (Lipinski definition) is 1. The van der Waals surface area contributed by atoms with Gasteiger partial charge >= 0.3 is 6.03 Å². The zero-order chi connectivity index (χ0) is 20.5. The Kier molecular flexibility index (Phi) is 23.7. The second-order valence-electron chi connectivity index (χ2n) is 8.48. The molecular weight excluding hydrogens is 344 g/mol. The van der Waals surface area contributed by atoms with Crippen molar-refractivity contribution in [3.8, 4) is 0 Å². The van der Waals surface area contributed by atoms with Gasteiger partial charge < -0.3 is 5.32 Å². The highest BCUT2D eigenvalue weighted by atomic mass is 16.2. The van der Waals surface area contributed by atoms with Gasteiger partial charge in [-0.05, 0) is 12.8 Å². The van der Waals surface area contributed by atoms with E-state index >= 15 is 0 Å². The number of urea groups is 1. The summed E-state index contributed by atoms with van der Waals surface area (Å²) in [6.45, 7) is 6.02. The zero-order valence-electron chi connectivity index (χ0n) is 19.4. The first kappa shape index (κ1) is 27.3. The van der Waals surface area contributed by atoms with Crippen molar-refractivity contribution in [1.29, 1.82) is 0 Å². The molecule has 2 amide bonds. The maximum atomic E-state index is 11.7. The van der Waals surface area contributed by atoms with E-state index in [0.29, 0.717) is 6.54 Å². The summed E-state index contributed by atoms with van der Waals surface area (Å²) in [6.07, 6.45) is 26.5. The molecule has 0 aliphatic heterocycles. The molecule has 0 aliphatic rings. The Labute approximate surface area is 177 Å². The van der Waals surface area contributed by atoms with Crippen LogP contribution in [0.2, 0.25) is 0 Å². The summed E-state index contributed by atoms with van der Waals surface area (Å²) in [5, 5.41) is 7.06. The summed E-state index contributed by atoms with van der Waals surface area (Å²) in [6, 6.07) is -0.105. The molecule has 28 heavy (non-hydrogen) atoms. The molecule has 3 heteroatoms. The van der Waals surface area contributed by atoms with Gasteiger partial charge in [-0.2, -0.15) is 0 Å². The fourth-order valence-electron chi connectivity index (χ4n) is 3.64. The molecule has 0 atom stereocenters. The quantitative estimate of drug-likeness (QED) is 0.185. The van der Waals surface area contributed by atoms with Crippen molar-refractivity contribution in [2.45, 2.75) is 142 Å². The first-order chi connectivity index (χ1) is 13.8. The molecule has 0 saturated heterocycles. The highest BCUT2D eigenvalue weighted by Gasteiger charge is 2.01. The Morgan fingerprint density at radius 2 is 0.893 bits per heavy atom. The van der Waals surface area contributed by atoms with Crippen molar-refractivity contribution < 1.29 is 4.79 Å². The minimum absolute atomic E-state index is 0.105. The average molecular weight is 396 g/mol. The molecule has 0 saturated carbocycles. The zero-order valence-corrected chi connectivity index (χ0v) is 19.4. The van der Waals surface area contributed by atoms with Gasteiger partial charge in [0, 0.05) is 13.1 Å². The van der Waals surface area contributed by atoms with Crippen molar-refractivity contribution in [2.24, 2.45) is 0 Å². The Morgan fingerprint density at radius 1 is 0.536 bits per heavy atom. The number of nitrogens with one attached hydrogen (secondary N) is 1. The van der Waals surface area contributed by atoms with Crippen molar-refractivity contribution >= 4 is 6.03 Å². The maximum Gasteiger partial charge on any atom is 0.336 e. The van der Waals surface area contributed by atoms with Crippen LogP contribution in [0.3, 0.4) is 0 Å². The Balaban J connectivity index is 3.13. The lowest BCUT2D eigenvalue weighted by Crippen LogP contribution is -2.31. The topological polar surface area (TPSA) is 43.2 Å². The highest BCUT2D eigenvalue weighted by molar-refractivity contribution is 5.73. The minimum Gasteiger partial charge on any atom is -0.337 e. The highest BCUT2D eigenvalue weighted by Crippen LogP contribution is 2.11. The van der Waals surface area contributed by atoms with E-state index in [0.717, 1.165) is 19.4 Å². The van der Waals surface area contributed by atoms with Crippen LogP contribution in [-0.4, -0.2) is 19.1 Å². The molecule has 0 heterocycles. The van der Waals surface area contributed by atoms with E-state index < -0.39 is 0 Å². The largest absolute Gasteiger partial charge is 0.337 e. The third kappa shape index (κ3) is 23.3. The second-order valence-corrected chi connectivity index (χ2v) is 8.48. The van der Waals surface area contributed by atoms with E-state index in [1.54, 1.807) is 0 Å². The monoisotopic (exact) mass is 395 g/mol. The van der Waals surface area contributed by atoms with Crippen LogP contribution in [-0.2, 0) is 0 Å². The third-order valence-electron chi connectivity index (χ3n) is 5.57. The molecular formula is C25H51N2O. The van der Waals surface area contributed by atoms with Crippen LogP contribution < -0.4 is 10.6 Å². The Morgan fingerprint density at radius 3 is 1.32 bits per heavy atom. The molecule has 0 spiro atoms. The van der Waals surface area contributed by atoms with Gasteiger partial charge in [-0.15, -0.1) is 0 Å². The number of unbranched alkanes of at least 4 members (excludes halogenated alkanes) is 18. The lowest BCUT2D eigenvalue weighted by Gasteiger charge is -2.06. The Hall–Kier alpha value is -0.730. The predicted octanol–water partition coefficient (Wildman–Crippen LogP) is 8.14. The summed E-state index contributed by atoms with van der Waals surface area (Å²) >= 11 is 0. The van der Waals surface area contributed by atoms with E-state index in [1.165, 1.54) is 116 Å². The number of carbonyl (C=O) groups excluding carboxylic acids is 1. The Bertz CT molecular complexity index is 279. The van der Waals surface area contributed by atoms with Gasteiger partial charge in [0.2, 0.25) is 0 Å². The lowest BCUT2D eigenvalue weighted by molar-refractivity contribution is 0.239. The molecule has 0 aromatic carbocycles. The average Bonchev–Trinajstić information content (AvgIpc) is 2.70. The molecule has 0 aromatic heterocycles. The molecule has 1 N–H and O–H groups in total. The molecule has 0 rings (SSSR count). The van der Waals surface area contributed by atoms with Crippen LogP contribution in [0, 0.1) is 0 Å². The summed E-state index contributed by atoms with van der Waals surface area (Å²) in [7, 11) is 0. The van der Waals surface area contributed by atoms with E-state index in [9.17, 15) is 4.79 Å². The van der Waals surface area contributed by atoms with E-state index in [-0.39, 0.29) is 6.03 Å². The van der Waals surface area contributed by atoms with Crippen LogP contribution in [0.5, 0.6) is 0 Å². The van der Waals surface area contributed by atoms with Crippen LogP contribution >= 0.6 is 0 Å². The van der Waals surface area contributed by atoms with Gasteiger partial charge in [0.05, 0.1) is 0 Å². The van der Waals surface area contributed by atoms with Crippen LogP contribution in [0.4, 0.5) is 4.79 Å². The fourth-order valence-corrected chi connectivity index (χ4v) is 3.64. The SMILES string of the molecule is CCCCCCCCCCCC[N]C(=O)NCCCCCCCCCCCC. The normalized spacial score (nSPS) is 10.9. The molecule has 0 unspecified atom stereocenters. The smallest absolute Gasteiger partial charge is 0.336 e. The first-order valence-corrected chi connectivity index (χ1v) is 12.8. The van der Waals surface area contributed by atoms with E-state index in [1.807, 2.05) is 0 Å². The standard InChI is InChI=1S/C25H51N2O/c1-3-5-7-9-11-13-15-17-19-21-23-26-25(28)27-24-22-20-18-16-14-12-10-8-6-4-2/h3-24H2,1-2H3,(H,26,28). The lowest BCUT2D eigenvalue weighted by atomic mass is 10.1. The van der Waals surface area contributed by atoms with Crippen molar-refractivity contribution in [3.05, 3.63) is 0 Å². The van der Waals surface area contributed by atoms with Gasteiger partial charge in [0.25, 0.3) is 0 Å². The van der Waals surface area contributed by atoms with Crippen LogP contribution in [0.25, 0.3) is 0 Å². The number of carbonyl (C=O) groups is 1. The molecule has 167 valence electrons. The molecule has 0 aromatic rings. The summed E-state index contributed by atoms with van der Waals surface area (Å²) in [5.41, 5.74) is 0. The fraction of sp³-hybridized carbons (Fsp3) is 0.960. The van der Waals surface area contributed by atoms with Gasteiger partial charge in [-0.1, -0.05) is 129 Å². The summed E-state index contributed by atoms with van der Waals surface area (Å²) in [5.74, 6) is 0. The number of amides is 2. The van der Waals surface area contributed by atoms with Crippen molar-refractivity contribution in [2.75, 3.05) is 13.1 Å². The van der Waals surface area contributed by atoms with E-state index in [2.05, 4.69) is 24.5 Å². The van der Waals surface area contributed by atoms with Gasteiger partial charge in [0.15, 0.2) is 0 Å². The van der Waals surface area contributed by atoms with Gasteiger partial charge in [-0.3, -0.25) is 0 Å². The minimum atomic E-state index is -0.105. The molecule has 0 bridgehead atoms. The van der Waals surface area contributed by atoms with Gasteiger partial charge in [0.1, 0.15) is 0 Å². The number of hydrogen-bond donors (Lipinski definition) is 1. The molecule has 0 fully saturated rings. The second kappa shape index (κ2) is 24.3. The van der Waals surface area contributed by atoms with Gasteiger partial charge in [-0.25, -0.2) is 10.1 Å². The summed E-state index contributed by atoms with van der Waals surface area (Å²) in [4.78, 5) is 11.7. The number of rotatable bonds is 22. The number of nitrogens with zero attached hydrogens (tertiary/aromatic N) is 1. The van der Waals surface area contributed by atoms with Crippen molar-refractivity contribution in [3.63, 3.8) is 0 Å².